The Bertz CT molecular complexity index is 453. The predicted octanol–water partition coefficient (Wildman–Crippen LogP) is 3.65. The Morgan fingerprint density at radius 1 is 1.50 bits per heavy atom. The lowest BCUT2D eigenvalue weighted by molar-refractivity contribution is 0.615. The number of alkyl halides is 1. The number of anilines is 1. The van der Waals surface area contributed by atoms with Crippen LogP contribution in [0.2, 0.25) is 0 Å². The lowest BCUT2D eigenvalue weighted by atomic mass is 10.2. The minimum atomic E-state index is 0.236. The van der Waals surface area contributed by atoms with E-state index < -0.39 is 0 Å². The Morgan fingerprint density at radius 3 is 3.19 bits per heavy atom. The number of furan rings is 1. The van der Waals surface area contributed by atoms with Gasteiger partial charge in [-0.15, -0.1) is 11.6 Å². The molecule has 4 heteroatoms. The maximum absolute atomic E-state index is 5.88. The zero-order valence-electron chi connectivity index (χ0n) is 9.24. The average molecular weight is 239 g/mol. The van der Waals surface area contributed by atoms with Crippen molar-refractivity contribution in [3.8, 4) is 0 Å². The summed E-state index contributed by atoms with van der Waals surface area (Å²) >= 11 is 5.88. The lowest BCUT2D eigenvalue weighted by Gasteiger charge is -2.06. The van der Waals surface area contributed by atoms with Crippen molar-refractivity contribution < 1.29 is 4.42 Å². The smallest absolute Gasteiger partial charge is 0.139 e. The van der Waals surface area contributed by atoms with Gasteiger partial charge in [-0.25, -0.2) is 4.98 Å². The highest BCUT2D eigenvalue weighted by Gasteiger charge is 2.03. The van der Waals surface area contributed by atoms with E-state index in [0.29, 0.717) is 0 Å². The van der Waals surface area contributed by atoms with Crippen LogP contribution in [0.15, 0.2) is 29.0 Å². The van der Waals surface area contributed by atoms with Gasteiger partial charge in [0.25, 0.3) is 0 Å². The van der Waals surface area contributed by atoms with E-state index in [-0.39, 0.29) is 5.38 Å². The zero-order valence-corrected chi connectivity index (χ0v) is 10.00. The van der Waals surface area contributed by atoms with Crippen molar-refractivity contribution in [1.29, 1.82) is 0 Å². The van der Waals surface area contributed by atoms with Crippen LogP contribution in [0.25, 0.3) is 11.0 Å². The number of nitrogens with zero attached hydrogens (tertiary/aromatic N) is 1. The first-order valence-electron chi connectivity index (χ1n) is 5.47. The van der Waals surface area contributed by atoms with E-state index in [2.05, 4.69) is 10.3 Å². The fraction of sp³-hybridized carbons (Fsp3) is 0.417. The van der Waals surface area contributed by atoms with E-state index in [0.717, 1.165) is 36.2 Å². The lowest BCUT2D eigenvalue weighted by Crippen LogP contribution is -2.05. The summed E-state index contributed by atoms with van der Waals surface area (Å²) in [6, 6.07) is 3.79. The van der Waals surface area contributed by atoms with Gasteiger partial charge in [-0.1, -0.05) is 0 Å². The van der Waals surface area contributed by atoms with E-state index in [1.807, 2.05) is 19.1 Å². The van der Waals surface area contributed by atoms with Crippen LogP contribution in [-0.4, -0.2) is 16.9 Å². The van der Waals surface area contributed by atoms with Crippen molar-refractivity contribution in [2.75, 3.05) is 11.9 Å². The van der Waals surface area contributed by atoms with Gasteiger partial charge < -0.3 is 9.73 Å². The van der Waals surface area contributed by atoms with E-state index in [1.54, 1.807) is 12.5 Å². The highest BCUT2D eigenvalue weighted by atomic mass is 35.5. The molecule has 0 fully saturated rings. The molecule has 2 rings (SSSR count). The second-order valence-electron chi connectivity index (χ2n) is 3.84. The Labute approximate surface area is 99.8 Å². The molecule has 2 aromatic heterocycles. The third kappa shape index (κ3) is 2.67. The van der Waals surface area contributed by atoms with Gasteiger partial charge in [-0.3, -0.25) is 0 Å². The molecular weight excluding hydrogens is 224 g/mol. The maximum atomic E-state index is 5.88. The molecule has 2 heterocycles. The largest absolute Gasteiger partial charge is 0.464 e. The number of pyridine rings is 1. The average Bonchev–Trinajstić information content (AvgIpc) is 2.72. The summed E-state index contributed by atoms with van der Waals surface area (Å²) in [7, 11) is 0. The molecule has 0 saturated heterocycles. The van der Waals surface area contributed by atoms with Crippen molar-refractivity contribution >= 4 is 28.4 Å². The van der Waals surface area contributed by atoms with Crippen LogP contribution < -0.4 is 5.32 Å². The predicted molar refractivity (Wildman–Crippen MR) is 67.0 cm³/mol. The molecular formula is C12H15ClN2O. The molecule has 2 aromatic rings. The van der Waals surface area contributed by atoms with Crippen LogP contribution in [0.3, 0.4) is 0 Å². The molecule has 0 aromatic carbocycles. The standard InChI is InChI=1S/C12H15ClN2O/c1-9(13)3-2-6-14-12-10-5-8-16-11(10)4-7-15-12/h4-5,7-9H,2-3,6H2,1H3,(H,14,15). The zero-order chi connectivity index (χ0) is 11.4. The quantitative estimate of drug-likeness (QED) is 0.638. The van der Waals surface area contributed by atoms with Gasteiger partial charge in [-0.2, -0.15) is 0 Å². The minimum Gasteiger partial charge on any atom is -0.464 e. The van der Waals surface area contributed by atoms with Gasteiger partial charge in [0.15, 0.2) is 0 Å². The molecule has 3 nitrogen and oxygen atoms in total. The number of halogens is 1. The van der Waals surface area contributed by atoms with Crippen LogP contribution in [-0.2, 0) is 0 Å². The molecule has 0 spiro atoms. The topological polar surface area (TPSA) is 38.1 Å². The summed E-state index contributed by atoms with van der Waals surface area (Å²) in [5, 5.41) is 4.56. The molecule has 0 aliphatic heterocycles. The molecule has 0 aliphatic carbocycles. The molecule has 0 amide bonds. The number of nitrogens with one attached hydrogen (secondary N) is 1. The fourth-order valence-electron chi connectivity index (χ4n) is 1.63. The molecule has 1 unspecified atom stereocenters. The number of rotatable bonds is 5. The van der Waals surface area contributed by atoms with Gasteiger partial charge >= 0.3 is 0 Å². The summed E-state index contributed by atoms with van der Waals surface area (Å²) in [6.07, 6.45) is 5.48. The number of hydrogen-bond acceptors (Lipinski definition) is 3. The molecule has 0 aliphatic rings. The van der Waals surface area contributed by atoms with Crippen molar-refractivity contribution in [1.82, 2.24) is 4.98 Å². The molecule has 1 N–H and O–H groups in total. The maximum Gasteiger partial charge on any atom is 0.139 e. The Hall–Kier alpha value is -1.22. The Morgan fingerprint density at radius 2 is 2.38 bits per heavy atom. The minimum absolute atomic E-state index is 0.236. The molecule has 0 bridgehead atoms. The fourth-order valence-corrected chi connectivity index (χ4v) is 1.78. The van der Waals surface area contributed by atoms with E-state index in [1.165, 1.54) is 0 Å². The van der Waals surface area contributed by atoms with Crippen molar-refractivity contribution in [3.05, 3.63) is 24.6 Å². The molecule has 0 radical (unpaired) electrons. The first-order chi connectivity index (χ1) is 7.77. The van der Waals surface area contributed by atoms with Gasteiger partial charge in [0.1, 0.15) is 11.4 Å². The Balaban J connectivity index is 1.96. The number of fused-ring (bicyclic) bond motifs is 1. The molecule has 86 valence electrons. The second-order valence-corrected chi connectivity index (χ2v) is 4.59. The normalized spacial score (nSPS) is 12.9. The van der Waals surface area contributed by atoms with Crippen molar-refractivity contribution in [2.24, 2.45) is 0 Å². The van der Waals surface area contributed by atoms with Crippen LogP contribution in [0.4, 0.5) is 5.82 Å². The first-order valence-corrected chi connectivity index (χ1v) is 5.91. The molecule has 16 heavy (non-hydrogen) atoms. The van der Waals surface area contributed by atoms with Crippen molar-refractivity contribution in [3.63, 3.8) is 0 Å². The van der Waals surface area contributed by atoms with Gasteiger partial charge in [0.05, 0.1) is 11.6 Å². The highest BCUT2D eigenvalue weighted by Crippen LogP contribution is 2.21. The van der Waals surface area contributed by atoms with Gasteiger partial charge in [-0.05, 0) is 31.9 Å². The summed E-state index contributed by atoms with van der Waals surface area (Å²) in [4.78, 5) is 4.29. The first kappa shape index (κ1) is 11.3. The van der Waals surface area contributed by atoms with Gasteiger partial charge in [0.2, 0.25) is 0 Å². The van der Waals surface area contributed by atoms with E-state index in [4.69, 9.17) is 16.0 Å². The summed E-state index contributed by atoms with van der Waals surface area (Å²) in [6.45, 7) is 2.89. The number of aromatic nitrogens is 1. The summed E-state index contributed by atoms with van der Waals surface area (Å²) in [5.74, 6) is 0.883. The van der Waals surface area contributed by atoms with Crippen LogP contribution >= 0.6 is 11.6 Å². The van der Waals surface area contributed by atoms with Crippen molar-refractivity contribution in [2.45, 2.75) is 25.1 Å². The summed E-state index contributed by atoms with van der Waals surface area (Å²) in [5.41, 5.74) is 0.864. The number of hydrogen-bond donors (Lipinski definition) is 1. The van der Waals surface area contributed by atoms with E-state index >= 15 is 0 Å². The van der Waals surface area contributed by atoms with E-state index in [9.17, 15) is 0 Å². The molecule has 1 atom stereocenters. The monoisotopic (exact) mass is 238 g/mol. The van der Waals surface area contributed by atoms with Gasteiger partial charge in [0, 0.05) is 18.1 Å². The van der Waals surface area contributed by atoms with Crippen LogP contribution in [0.1, 0.15) is 19.8 Å². The van der Waals surface area contributed by atoms with Crippen LogP contribution in [0.5, 0.6) is 0 Å². The third-order valence-corrected chi connectivity index (χ3v) is 2.67. The molecule has 0 saturated carbocycles. The Kier molecular flexibility index (Phi) is 3.67. The van der Waals surface area contributed by atoms with Crippen LogP contribution in [0, 0.1) is 0 Å². The SMILES string of the molecule is CC(Cl)CCCNc1nccc2occc12. The second kappa shape index (κ2) is 5.21. The third-order valence-electron chi connectivity index (χ3n) is 2.45. The summed E-state index contributed by atoms with van der Waals surface area (Å²) < 4.78 is 5.30. The highest BCUT2D eigenvalue weighted by molar-refractivity contribution is 6.20.